The van der Waals surface area contributed by atoms with Crippen molar-refractivity contribution < 1.29 is 4.79 Å². The molecule has 0 fully saturated rings. The molecule has 1 amide bonds. The lowest BCUT2D eigenvalue weighted by Crippen LogP contribution is -2.27. The minimum Gasteiger partial charge on any atom is -0.340 e. The van der Waals surface area contributed by atoms with E-state index in [0.29, 0.717) is 13.0 Å². The van der Waals surface area contributed by atoms with Gasteiger partial charge in [0.1, 0.15) is 0 Å². The molecule has 0 saturated carbocycles. The first-order valence-electron chi connectivity index (χ1n) is 7.49. The van der Waals surface area contributed by atoms with Crippen molar-refractivity contribution in [3.8, 4) is 5.69 Å². The Balaban J connectivity index is 1.64. The van der Waals surface area contributed by atoms with Gasteiger partial charge in [0.25, 0.3) is 0 Å². The van der Waals surface area contributed by atoms with E-state index in [0.717, 1.165) is 11.3 Å². The van der Waals surface area contributed by atoms with Gasteiger partial charge in [-0.3, -0.25) is 4.79 Å². The Morgan fingerprint density at radius 3 is 2.74 bits per heavy atom. The van der Waals surface area contributed by atoms with E-state index in [9.17, 15) is 4.79 Å². The Kier molecular flexibility index (Phi) is 4.57. The number of amides is 1. The third-order valence-corrected chi connectivity index (χ3v) is 4.79. The molecule has 23 heavy (non-hydrogen) atoms. The normalized spacial score (nSPS) is 10.7. The minimum atomic E-state index is 0.102. The zero-order chi connectivity index (χ0) is 16.2. The first-order valence-corrected chi connectivity index (χ1v) is 8.37. The van der Waals surface area contributed by atoms with Crippen LogP contribution in [0.4, 0.5) is 0 Å². The highest BCUT2D eigenvalue weighted by molar-refractivity contribution is 7.10. The van der Waals surface area contributed by atoms with Gasteiger partial charge >= 0.3 is 0 Å². The van der Waals surface area contributed by atoms with Crippen LogP contribution < -0.4 is 0 Å². The number of para-hydroxylation sites is 1. The van der Waals surface area contributed by atoms with E-state index in [2.05, 4.69) is 23.5 Å². The predicted molar refractivity (Wildman–Crippen MR) is 92.8 cm³/mol. The summed E-state index contributed by atoms with van der Waals surface area (Å²) < 4.78 is 1.80. The molecule has 0 N–H and O–H groups in total. The zero-order valence-electron chi connectivity index (χ0n) is 13.3. The molecule has 0 aliphatic rings. The summed E-state index contributed by atoms with van der Waals surface area (Å²) in [7, 11) is 1.85. The quantitative estimate of drug-likeness (QED) is 0.721. The van der Waals surface area contributed by atoms with Crippen molar-refractivity contribution in [2.24, 2.45) is 0 Å². The van der Waals surface area contributed by atoms with Crippen LogP contribution in [0.2, 0.25) is 0 Å². The molecule has 3 aromatic rings. The molecule has 0 spiro atoms. The summed E-state index contributed by atoms with van der Waals surface area (Å²) in [6, 6.07) is 12.0. The van der Waals surface area contributed by atoms with Crippen LogP contribution in [0.3, 0.4) is 0 Å². The Labute approximate surface area is 140 Å². The molecular weight excluding hydrogens is 306 g/mol. The van der Waals surface area contributed by atoms with Crippen LogP contribution in [-0.4, -0.2) is 27.6 Å². The largest absolute Gasteiger partial charge is 0.340 e. The van der Waals surface area contributed by atoms with Gasteiger partial charge in [0, 0.05) is 18.1 Å². The van der Waals surface area contributed by atoms with E-state index in [1.807, 2.05) is 43.6 Å². The van der Waals surface area contributed by atoms with Crippen LogP contribution in [0.1, 0.15) is 16.0 Å². The van der Waals surface area contributed by atoms with Gasteiger partial charge < -0.3 is 4.90 Å². The van der Waals surface area contributed by atoms with Crippen molar-refractivity contribution in [2.45, 2.75) is 19.9 Å². The standard InChI is InChI=1S/C18H19N3OS/c1-14-8-9-23-17(14)13-20(2)18(22)10-15-11-19-21(12-15)16-6-4-3-5-7-16/h3-9,11-12H,10,13H2,1-2H3. The highest BCUT2D eigenvalue weighted by Crippen LogP contribution is 2.17. The van der Waals surface area contributed by atoms with Crippen LogP contribution in [0.25, 0.3) is 5.69 Å². The molecule has 1 aromatic carbocycles. The second-order valence-electron chi connectivity index (χ2n) is 5.58. The van der Waals surface area contributed by atoms with Crippen molar-refractivity contribution in [2.75, 3.05) is 7.05 Å². The van der Waals surface area contributed by atoms with Gasteiger partial charge in [-0.1, -0.05) is 18.2 Å². The Bertz CT molecular complexity index is 791. The van der Waals surface area contributed by atoms with Gasteiger partial charge in [-0.2, -0.15) is 5.10 Å². The third-order valence-electron chi connectivity index (χ3n) is 3.79. The lowest BCUT2D eigenvalue weighted by atomic mass is 10.2. The van der Waals surface area contributed by atoms with Gasteiger partial charge in [0.15, 0.2) is 0 Å². The molecular formula is C18H19N3OS. The predicted octanol–water partition coefficient (Wildman–Crippen LogP) is 3.44. The number of hydrogen-bond acceptors (Lipinski definition) is 3. The van der Waals surface area contributed by atoms with Gasteiger partial charge in [0.05, 0.1) is 24.8 Å². The first-order chi connectivity index (χ1) is 11.1. The molecule has 0 bridgehead atoms. The van der Waals surface area contributed by atoms with Crippen molar-refractivity contribution >= 4 is 17.2 Å². The molecule has 5 heteroatoms. The Morgan fingerprint density at radius 2 is 2.04 bits per heavy atom. The molecule has 0 radical (unpaired) electrons. The number of hydrogen-bond donors (Lipinski definition) is 0. The maximum Gasteiger partial charge on any atom is 0.227 e. The fourth-order valence-corrected chi connectivity index (χ4v) is 3.31. The average Bonchev–Trinajstić information content (AvgIpc) is 3.18. The maximum atomic E-state index is 12.4. The summed E-state index contributed by atoms with van der Waals surface area (Å²) >= 11 is 1.69. The van der Waals surface area contributed by atoms with Crippen LogP contribution in [-0.2, 0) is 17.8 Å². The molecule has 2 aromatic heterocycles. The van der Waals surface area contributed by atoms with E-state index < -0.39 is 0 Å². The minimum absolute atomic E-state index is 0.102. The lowest BCUT2D eigenvalue weighted by molar-refractivity contribution is -0.129. The lowest BCUT2D eigenvalue weighted by Gasteiger charge is -2.16. The number of carbonyl (C=O) groups excluding carboxylic acids is 1. The highest BCUT2D eigenvalue weighted by atomic mass is 32.1. The van der Waals surface area contributed by atoms with E-state index >= 15 is 0 Å². The smallest absolute Gasteiger partial charge is 0.227 e. The summed E-state index contributed by atoms with van der Waals surface area (Å²) in [4.78, 5) is 15.4. The summed E-state index contributed by atoms with van der Waals surface area (Å²) in [5.74, 6) is 0.102. The number of nitrogens with zero attached hydrogens (tertiary/aromatic N) is 3. The van der Waals surface area contributed by atoms with Gasteiger partial charge in [-0.15, -0.1) is 11.3 Å². The molecule has 118 valence electrons. The van der Waals surface area contributed by atoms with E-state index in [1.54, 1.807) is 27.1 Å². The van der Waals surface area contributed by atoms with Gasteiger partial charge in [-0.05, 0) is 41.6 Å². The topological polar surface area (TPSA) is 38.1 Å². The molecule has 0 aliphatic heterocycles. The van der Waals surface area contributed by atoms with Crippen LogP contribution in [0.15, 0.2) is 54.2 Å². The van der Waals surface area contributed by atoms with Crippen LogP contribution >= 0.6 is 11.3 Å². The van der Waals surface area contributed by atoms with Gasteiger partial charge in [-0.25, -0.2) is 4.68 Å². The molecule has 3 rings (SSSR count). The van der Waals surface area contributed by atoms with E-state index in [-0.39, 0.29) is 5.91 Å². The molecule has 2 heterocycles. The SMILES string of the molecule is Cc1ccsc1CN(C)C(=O)Cc1cnn(-c2ccccc2)c1. The molecule has 0 unspecified atom stereocenters. The van der Waals surface area contributed by atoms with E-state index in [4.69, 9.17) is 0 Å². The van der Waals surface area contributed by atoms with Crippen LogP contribution in [0, 0.1) is 6.92 Å². The molecule has 0 atom stereocenters. The maximum absolute atomic E-state index is 12.4. The average molecular weight is 325 g/mol. The van der Waals surface area contributed by atoms with Crippen molar-refractivity contribution in [1.29, 1.82) is 0 Å². The molecule has 0 saturated heterocycles. The fourth-order valence-electron chi connectivity index (χ4n) is 2.35. The summed E-state index contributed by atoms with van der Waals surface area (Å²) in [6.45, 7) is 2.74. The Morgan fingerprint density at radius 1 is 1.26 bits per heavy atom. The van der Waals surface area contributed by atoms with E-state index in [1.165, 1.54) is 10.4 Å². The zero-order valence-corrected chi connectivity index (χ0v) is 14.1. The number of aryl methyl sites for hydroxylation is 1. The third kappa shape index (κ3) is 3.68. The van der Waals surface area contributed by atoms with Crippen molar-refractivity contribution in [3.05, 3.63) is 70.2 Å². The van der Waals surface area contributed by atoms with Crippen molar-refractivity contribution in [1.82, 2.24) is 14.7 Å². The summed E-state index contributed by atoms with van der Waals surface area (Å²) in [5.41, 5.74) is 3.16. The number of carbonyl (C=O) groups is 1. The molecule has 4 nitrogen and oxygen atoms in total. The summed E-state index contributed by atoms with van der Waals surface area (Å²) in [6.07, 6.45) is 4.04. The second kappa shape index (κ2) is 6.79. The van der Waals surface area contributed by atoms with Crippen molar-refractivity contribution in [3.63, 3.8) is 0 Å². The van der Waals surface area contributed by atoms with Crippen LogP contribution in [0.5, 0.6) is 0 Å². The molecule has 0 aliphatic carbocycles. The monoisotopic (exact) mass is 325 g/mol. The number of benzene rings is 1. The second-order valence-corrected chi connectivity index (χ2v) is 6.58. The summed E-state index contributed by atoms with van der Waals surface area (Å²) in [5, 5.41) is 6.40. The first kappa shape index (κ1) is 15.5. The number of likely N-dealkylation sites (N-methyl/N-ethyl adjacent to an activating group) is 1. The Hall–Kier alpha value is -2.40. The number of rotatable bonds is 5. The fraction of sp³-hybridized carbons (Fsp3) is 0.222. The van der Waals surface area contributed by atoms with Gasteiger partial charge in [0.2, 0.25) is 5.91 Å². The number of aromatic nitrogens is 2. The number of thiophene rings is 1. The highest BCUT2D eigenvalue weighted by Gasteiger charge is 2.13.